The van der Waals surface area contributed by atoms with Crippen molar-refractivity contribution in [3.63, 3.8) is 0 Å². The summed E-state index contributed by atoms with van der Waals surface area (Å²) in [5.41, 5.74) is 2.21. The van der Waals surface area contributed by atoms with Gasteiger partial charge in [0.15, 0.2) is 9.84 Å². The summed E-state index contributed by atoms with van der Waals surface area (Å²) in [7, 11) is -3.69. The van der Waals surface area contributed by atoms with Crippen molar-refractivity contribution in [1.82, 2.24) is 0 Å². The normalized spacial score (nSPS) is 15.1. The zero-order valence-electron chi connectivity index (χ0n) is 15.7. The zero-order valence-corrected chi connectivity index (χ0v) is 17.3. The fraction of sp³-hybridized carbons (Fsp3) is 0.300. The summed E-state index contributed by atoms with van der Waals surface area (Å²) in [6.07, 6.45) is 0.387. The summed E-state index contributed by atoms with van der Waals surface area (Å²) in [5, 5.41) is 5.49. The highest BCUT2D eigenvalue weighted by Gasteiger charge is 2.25. The van der Waals surface area contributed by atoms with E-state index in [9.17, 15) is 18.0 Å². The SMILES string of the molecule is Cc1ccc(NC(=O)[C@H](C)CS(=O)(=O)c2ccc3c(c2)NC(=O)CCS3)cc1. The van der Waals surface area contributed by atoms with Crippen molar-refractivity contribution < 1.29 is 18.0 Å². The zero-order chi connectivity index (χ0) is 20.3. The molecule has 0 saturated heterocycles. The van der Waals surface area contributed by atoms with E-state index in [2.05, 4.69) is 10.6 Å². The number of thioether (sulfide) groups is 1. The Morgan fingerprint density at radius 3 is 2.64 bits per heavy atom. The van der Waals surface area contributed by atoms with E-state index in [4.69, 9.17) is 0 Å². The highest BCUT2D eigenvalue weighted by Crippen LogP contribution is 2.33. The lowest BCUT2D eigenvalue weighted by Crippen LogP contribution is -2.27. The van der Waals surface area contributed by atoms with E-state index < -0.39 is 15.8 Å². The standard InChI is InChI=1S/C20H22N2O4S2/c1-13-3-5-15(6-4-13)21-20(24)14(2)12-28(25,26)16-7-8-18-17(11-16)22-19(23)9-10-27-18/h3-8,11,14H,9-10,12H2,1-2H3,(H,21,24)(H,22,23)/t14-/m1/s1. The monoisotopic (exact) mass is 418 g/mol. The van der Waals surface area contributed by atoms with Gasteiger partial charge in [0.2, 0.25) is 11.8 Å². The number of aryl methyl sites for hydroxylation is 1. The first-order valence-electron chi connectivity index (χ1n) is 8.91. The van der Waals surface area contributed by atoms with Crippen molar-refractivity contribution in [2.45, 2.75) is 30.1 Å². The second kappa shape index (κ2) is 8.36. The van der Waals surface area contributed by atoms with Gasteiger partial charge in [-0.1, -0.05) is 24.6 Å². The Kier molecular flexibility index (Phi) is 6.10. The number of nitrogens with one attached hydrogen (secondary N) is 2. The van der Waals surface area contributed by atoms with Crippen LogP contribution in [0.2, 0.25) is 0 Å². The van der Waals surface area contributed by atoms with Crippen LogP contribution in [0, 0.1) is 12.8 Å². The molecule has 1 atom stereocenters. The van der Waals surface area contributed by atoms with Crippen molar-refractivity contribution in [2.24, 2.45) is 5.92 Å². The molecule has 0 aliphatic carbocycles. The maximum Gasteiger partial charge on any atom is 0.228 e. The lowest BCUT2D eigenvalue weighted by atomic mass is 10.2. The number of hydrogen-bond donors (Lipinski definition) is 2. The summed E-state index contributed by atoms with van der Waals surface area (Å²) >= 11 is 1.51. The molecular formula is C20H22N2O4S2. The van der Waals surface area contributed by atoms with E-state index >= 15 is 0 Å². The molecule has 1 aliphatic heterocycles. The Labute approximate surface area is 169 Å². The van der Waals surface area contributed by atoms with Crippen LogP contribution in [0.1, 0.15) is 18.9 Å². The number of benzene rings is 2. The van der Waals surface area contributed by atoms with Crippen LogP contribution in [-0.4, -0.2) is 31.7 Å². The van der Waals surface area contributed by atoms with Gasteiger partial charge in [0.1, 0.15) is 0 Å². The molecule has 0 unspecified atom stereocenters. The van der Waals surface area contributed by atoms with E-state index in [1.165, 1.54) is 23.9 Å². The van der Waals surface area contributed by atoms with Crippen molar-refractivity contribution in [3.8, 4) is 0 Å². The molecule has 6 nitrogen and oxygen atoms in total. The number of rotatable bonds is 5. The van der Waals surface area contributed by atoms with Gasteiger partial charge in [-0.3, -0.25) is 9.59 Å². The Morgan fingerprint density at radius 1 is 1.21 bits per heavy atom. The van der Waals surface area contributed by atoms with E-state index in [1.807, 2.05) is 19.1 Å². The largest absolute Gasteiger partial charge is 0.326 e. The number of carbonyl (C=O) groups excluding carboxylic acids is 2. The first-order valence-corrected chi connectivity index (χ1v) is 11.6. The van der Waals surface area contributed by atoms with Crippen molar-refractivity contribution >= 4 is 44.8 Å². The Balaban J connectivity index is 1.73. The molecule has 8 heteroatoms. The van der Waals surface area contributed by atoms with Gasteiger partial charge in [-0.05, 0) is 37.3 Å². The van der Waals surface area contributed by atoms with Crippen LogP contribution in [0.5, 0.6) is 0 Å². The van der Waals surface area contributed by atoms with Gasteiger partial charge in [-0.25, -0.2) is 8.42 Å². The van der Waals surface area contributed by atoms with Crippen LogP contribution < -0.4 is 10.6 Å². The Bertz CT molecular complexity index is 1000. The van der Waals surface area contributed by atoms with Crippen molar-refractivity contribution in [1.29, 1.82) is 0 Å². The fourth-order valence-electron chi connectivity index (χ4n) is 2.80. The number of fused-ring (bicyclic) bond motifs is 1. The second-order valence-corrected chi connectivity index (χ2v) is 10.0. The van der Waals surface area contributed by atoms with Crippen LogP contribution >= 0.6 is 11.8 Å². The van der Waals surface area contributed by atoms with E-state index in [-0.39, 0.29) is 22.5 Å². The third-order valence-electron chi connectivity index (χ3n) is 4.41. The average Bonchev–Trinajstić information content (AvgIpc) is 2.83. The van der Waals surface area contributed by atoms with Crippen LogP contribution in [-0.2, 0) is 19.4 Å². The summed E-state index contributed by atoms with van der Waals surface area (Å²) in [6.45, 7) is 3.53. The molecule has 2 amide bonds. The predicted molar refractivity (Wildman–Crippen MR) is 111 cm³/mol. The van der Waals surface area contributed by atoms with Crippen molar-refractivity contribution in [3.05, 3.63) is 48.0 Å². The molecule has 0 radical (unpaired) electrons. The second-order valence-electron chi connectivity index (χ2n) is 6.84. The molecule has 0 fully saturated rings. The van der Waals surface area contributed by atoms with Gasteiger partial charge < -0.3 is 10.6 Å². The molecule has 0 saturated carbocycles. The van der Waals surface area contributed by atoms with Gasteiger partial charge in [0, 0.05) is 28.7 Å². The molecule has 2 N–H and O–H groups in total. The van der Waals surface area contributed by atoms with Crippen LogP contribution in [0.25, 0.3) is 0 Å². The van der Waals surface area contributed by atoms with Gasteiger partial charge in [0.05, 0.1) is 16.3 Å². The number of anilines is 2. The number of sulfone groups is 1. The molecule has 0 bridgehead atoms. The quantitative estimate of drug-likeness (QED) is 0.776. The van der Waals surface area contributed by atoms with Gasteiger partial charge >= 0.3 is 0 Å². The summed E-state index contributed by atoms with van der Waals surface area (Å²) < 4.78 is 25.6. The minimum atomic E-state index is -3.69. The summed E-state index contributed by atoms with van der Waals surface area (Å²) in [4.78, 5) is 25.1. The van der Waals surface area contributed by atoms with Gasteiger partial charge in [-0.15, -0.1) is 11.8 Å². The highest BCUT2D eigenvalue weighted by atomic mass is 32.2. The molecule has 148 valence electrons. The first kappa shape index (κ1) is 20.4. The van der Waals surface area contributed by atoms with Gasteiger partial charge in [0.25, 0.3) is 0 Å². The third kappa shape index (κ3) is 4.94. The average molecular weight is 419 g/mol. The molecule has 28 heavy (non-hydrogen) atoms. The maximum atomic E-state index is 12.8. The van der Waals surface area contributed by atoms with Gasteiger partial charge in [-0.2, -0.15) is 0 Å². The van der Waals surface area contributed by atoms with Crippen LogP contribution in [0.3, 0.4) is 0 Å². The topological polar surface area (TPSA) is 92.3 Å². The lowest BCUT2D eigenvalue weighted by molar-refractivity contribution is -0.119. The van der Waals surface area contributed by atoms with E-state index in [0.29, 0.717) is 23.5 Å². The molecule has 2 aromatic carbocycles. The minimum Gasteiger partial charge on any atom is -0.326 e. The van der Waals surface area contributed by atoms with Crippen LogP contribution in [0.15, 0.2) is 52.3 Å². The lowest BCUT2D eigenvalue weighted by Gasteiger charge is -2.14. The Hall–Kier alpha value is -2.32. The van der Waals surface area contributed by atoms with Crippen LogP contribution in [0.4, 0.5) is 11.4 Å². The van der Waals surface area contributed by atoms with E-state index in [1.54, 1.807) is 25.1 Å². The maximum absolute atomic E-state index is 12.8. The smallest absolute Gasteiger partial charge is 0.228 e. The summed E-state index contributed by atoms with van der Waals surface area (Å²) in [5.74, 6) is -0.877. The molecule has 3 rings (SSSR count). The summed E-state index contributed by atoms with van der Waals surface area (Å²) in [6, 6.07) is 12.0. The molecule has 1 aliphatic rings. The fourth-order valence-corrected chi connectivity index (χ4v) is 5.31. The predicted octanol–water partition coefficient (Wildman–Crippen LogP) is 3.48. The minimum absolute atomic E-state index is 0.101. The Morgan fingerprint density at radius 2 is 1.93 bits per heavy atom. The highest BCUT2D eigenvalue weighted by molar-refractivity contribution is 7.99. The van der Waals surface area contributed by atoms with Crippen molar-refractivity contribution in [2.75, 3.05) is 22.1 Å². The molecule has 0 aromatic heterocycles. The molecule has 1 heterocycles. The van der Waals surface area contributed by atoms with E-state index in [0.717, 1.165) is 10.5 Å². The number of carbonyl (C=O) groups is 2. The molecule has 2 aromatic rings. The molecular weight excluding hydrogens is 396 g/mol. The number of amides is 2. The first-order chi connectivity index (χ1) is 13.2. The third-order valence-corrected chi connectivity index (χ3v) is 7.39. The molecule has 0 spiro atoms. The number of hydrogen-bond acceptors (Lipinski definition) is 5.